The second-order valence-electron chi connectivity index (χ2n) is 5.81. The quantitative estimate of drug-likeness (QED) is 0.783. The first-order chi connectivity index (χ1) is 11.2. The maximum atomic E-state index is 12.6. The van der Waals surface area contributed by atoms with E-state index in [0.717, 1.165) is 34.9 Å². The van der Waals surface area contributed by atoms with Gasteiger partial charge >= 0.3 is 0 Å². The van der Waals surface area contributed by atoms with Gasteiger partial charge < -0.3 is 4.98 Å². The molecule has 1 aliphatic rings. The summed E-state index contributed by atoms with van der Waals surface area (Å²) in [5.74, 6) is 0.747. The van der Waals surface area contributed by atoms with Crippen LogP contribution in [0.2, 0.25) is 5.02 Å². The maximum Gasteiger partial charge on any atom is 0.260 e. The van der Waals surface area contributed by atoms with E-state index < -0.39 is 0 Å². The van der Waals surface area contributed by atoms with Gasteiger partial charge in [-0.05, 0) is 32.0 Å². The number of fused-ring (bicyclic) bond motifs is 1. The van der Waals surface area contributed by atoms with Crippen molar-refractivity contribution < 1.29 is 0 Å². The van der Waals surface area contributed by atoms with Gasteiger partial charge in [-0.2, -0.15) is 0 Å². The number of hydrogen-bond donors (Lipinski definition) is 1. The minimum atomic E-state index is -0.0830. The lowest BCUT2D eigenvalue weighted by atomic mass is 10.1. The van der Waals surface area contributed by atoms with E-state index in [1.54, 1.807) is 0 Å². The highest BCUT2D eigenvalue weighted by atomic mass is 35.5. The standard InChI is InChI=1S/C17H16ClN3OS/c18-13-6-2-1-5-11(13)12-10-23-17-15(12)16(22)19-14(20-17)9-21-7-3-4-8-21/h1-2,5-6,10H,3-4,7-9H2,(H,19,20,22). The summed E-state index contributed by atoms with van der Waals surface area (Å²) in [6, 6.07) is 7.58. The molecule has 4 rings (SSSR count). The van der Waals surface area contributed by atoms with Crippen LogP contribution in [0.1, 0.15) is 18.7 Å². The monoisotopic (exact) mass is 345 g/mol. The molecule has 0 radical (unpaired) electrons. The van der Waals surface area contributed by atoms with Crippen LogP contribution in [0.3, 0.4) is 0 Å². The van der Waals surface area contributed by atoms with E-state index in [2.05, 4.69) is 14.9 Å². The molecule has 0 unspecified atom stereocenters. The molecule has 0 saturated carbocycles. The van der Waals surface area contributed by atoms with Crippen molar-refractivity contribution in [3.8, 4) is 11.1 Å². The first kappa shape index (κ1) is 14.9. The lowest BCUT2D eigenvalue weighted by Gasteiger charge is -2.13. The summed E-state index contributed by atoms with van der Waals surface area (Å²) in [6.07, 6.45) is 2.45. The topological polar surface area (TPSA) is 49.0 Å². The lowest BCUT2D eigenvalue weighted by molar-refractivity contribution is 0.322. The fourth-order valence-corrected chi connectivity index (χ4v) is 4.29. The van der Waals surface area contributed by atoms with Crippen LogP contribution in [0.25, 0.3) is 21.3 Å². The van der Waals surface area contributed by atoms with Crippen molar-refractivity contribution >= 4 is 33.2 Å². The van der Waals surface area contributed by atoms with Gasteiger partial charge in [-0.1, -0.05) is 29.8 Å². The summed E-state index contributed by atoms with van der Waals surface area (Å²) in [7, 11) is 0. The summed E-state index contributed by atoms with van der Waals surface area (Å²) in [4.78, 5) is 23.3. The summed E-state index contributed by atoms with van der Waals surface area (Å²) in [6.45, 7) is 2.87. The van der Waals surface area contributed by atoms with E-state index in [4.69, 9.17) is 11.6 Å². The molecule has 118 valence electrons. The van der Waals surface area contributed by atoms with Gasteiger partial charge in [0.25, 0.3) is 5.56 Å². The SMILES string of the molecule is O=c1[nH]c(CN2CCCC2)nc2scc(-c3ccccc3Cl)c12. The molecule has 1 fully saturated rings. The molecule has 0 aliphatic carbocycles. The predicted octanol–water partition coefficient (Wildman–Crippen LogP) is 3.90. The van der Waals surface area contributed by atoms with E-state index in [-0.39, 0.29) is 5.56 Å². The van der Waals surface area contributed by atoms with Crippen LogP contribution in [0.5, 0.6) is 0 Å². The number of rotatable bonds is 3. The molecule has 0 atom stereocenters. The molecule has 6 heteroatoms. The van der Waals surface area contributed by atoms with Crippen LogP contribution >= 0.6 is 22.9 Å². The minimum Gasteiger partial charge on any atom is -0.309 e. The Labute approximate surface area is 142 Å². The number of benzene rings is 1. The minimum absolute atomic E-state index is 0.0830. The summed E-state index contributed by atoms with van der Waals surface area (Å²) < 4.78 is 0. The third-order valence-electron chi connectivity index (χ3n) is 4.23. The van der Waals surface area contributed by atoms with Gasteiger partial charge in [0.1, 0.15) is 10.7 Å². The number of hydrogen-bond acceptors (Lipinski definition) is 4. The van der Waals surface area contributed by atoms with Crippen LogP contribution in [0.15, 0.2) is 34.4 Å². The van der Waals surface area contributed by atoms with Gasteiger partial charge in [0.2, 0.25) is 0 Å². The fraction of sp³-hybridized carbons (Fsp3) is 0.294. The highest BCUT2D eigenvalue weighted by Gasteiger charge is 2.17. The number of H-pyrrole nitrogens is 1. The Morgan fingerprint density at radius 3 is 2.78 bits per heavy atom. The Morgan fingerprint density at radius 2 is 2.00 bits per heavy atom. The number of halogens is 1. The van der Waals surface area contributed by atoms with Crippen LogP contribution in [0.4, 0.5) is 0 Å². The zero-order valence-corrected chi connectivity index (χ0v) is 14.1. The zero-order chi connectivity index (χ0) is 15.8. The first-order valence-electron chi connectivity index (χ1n) is 7.70. The highest BCUT2D eigenvalue weighted by molar-refractivity contribution is 7.17. The average molecular weight is 346 g/mol. The molecule has 3 aromatic rings. The summed E-state index contributed by atoms with van der Waals surface area (Å²) in [5.41, 5.74) is 1.65. The van der Waals surface area contributed by atoms with Crippen LogP contribution < -0.4 is 5.56 Å². The second kappa shape index (κ2) is 6.07. The molecule has 1 N–H and O–H groups in total. The molecule has 3 heterocycles. The number of likely N-dealkylation sites (tertiary alicyclic amines) is 1. The number of aromatic amines is 1. The van der Waals surface area contributed by atoms with Gasteiger partial charge in [-0.25, -0.2) is 4.98 Å². The van der Waals surface area contributed by atoms with Gasteiger partial charge in [-0.15, -0.1) is 11.3 Å². The van der Waals surface area contributed by atoms with E-state index in [9.17, 15) is 4.79 Å². The van der Waals surface area contributed by atoms with Gasteiger partial charge in [0.05, 0.1) is 11.9 Å². The Hall–Kier alpha value is -1.69. The van der Waals surface area contributed by atoms with Crippen molar-refractivity contribution in [2.24, 2.45) is 0 Å². The van der Waals surface area contributed by atoms with Crippen molar-refractivity contribution in [2.75, 3.05) is 13.1 Å². The third kappa shape index (κ3) is 2.80. The number of nitrogens with one attached hydrogen (secondary N) is 1. The molecule has 0 spiro atoms. The average Bonchev–Trinajstić information content (AvgIpc) is 3.17. The fourth-order valence-electron chi connectivity index (χ4n) is 3.10. The molecule has 0 amide bonds. The number of nitrogens with zero attached hydrogens (tertiary/aromatic N) is 2. The largest absolute Gasteiger partial charge is 0.309 e. The molecule has 0 bridgehead atoms. The zero-order valence-electron chi connectivity index (χ0n) is 12.5. The van der Waals surface area contributed by atoms with Gasteiger partial charge in [-0.3, -0.25) is 9.69 Å². The molecule has 4 nitrogen and oxygen atoms in total. The normalized spacial score (nSPS) is 15.5. The van der Waals surface area contributed by atoms with E-state index in [1.807, 2.05) is 29.6 Å². The van der Waals surface area contributed by atoms with E-state index >= 15 is 0 Å². The van der Waals surface area contributed by atoms with Crippen LogP contribution in [-0.2, 0) is 6.54 Å². The van der Waals surface area contributed by atoms with Crippen molar-refractivity contribution in [3.05, 3.63) is 50.8 Å². The predicted molar refractivity (Wildman–Crippen MR) is 95.2 cm³/mol. The number of aromatic nitrogens is 2. The molecule has 2 aromatic heterocycles. The van der Waals surface area contributed by atoms with Crippen LogP contribution in [0, 0.1) is 0 Å². The summed E-state index contributed by atoms with van der Waals surface area (Å²) >= 11 is 7.77. The molecule has 23 heavy (non-hydrogen) atoms. The molecular formula is C17H16ClN3OS. The smallest absolute Gasteiger partial charge is 0.260 e. The lowest BCUT2D eigenvalue weighted by Crippen LogP contribution is -2.22. The maximum absolute atomic E-state index is 12.6. The second-order valence-corrected chi connectivity index (χ2v) is 7.07. The van der Waals surface area contributed by atoms with Crippen molar-refractivity contribution in [3.63, 3.8) is 0 Å². The van der Waals surface area contributed by atoms with Crippen molar-refractivity contribution in [1.29, 1.82) is 0 Å². The van der Waals surface area contributed by atoms with Crippen molar-refractivity contribution in [2.45, 2.75) is 19.4 Å². The third-order valence-corrected chi connectivity index (χ3v) is 5.43. The molecule has 1 aromatic carbocycles. The Balaban J connectivity index is 1.78. The highest BCUT2D eigenvalue weighted by Crippen LogP contribution is 2.34. The Morgan fingerprint density at radius 1 is 1.22 bits per heavy atom. The number of thiophene rings is 1. The van der Waals surface area contributed by atoms with E-state index in [1.165, 1.54) is 24.2 Å². The Bertz CT molecular complexity index is 912. The van der Waals surface area contributed by atoms with Crippen LogP contribution in [-0.4, -0.2) is 28.0 Å². The van der Waals surface area contributed by atoms with Crippen molar-refractivity contribution in [1.82, 2.24) is 14.9 Å². The Kier molecular flexibility index (Phi) is 3.93. The first-order valence-corrected chi connectivity index (χ1v) is 8.96. The molecule has 1 saturated heterocycles. The molecular weight excluding hydrogens is 330 g/mol. The summed E-state index contributed by atoms with van der Waals surface area (Å²) in [5, 5.41) is 3.24. The van der Waals surface area contributed by atoms with Gasteiger partial charge in [0.15, 0.2) is 0 Å². The molecule has 1 aliphatic heterocycles. The van der Waals surface area contributed by atoms with Gasteiger partial charge in [0, 0.05) is 21.5 Å². The van der Waals surface area contributed by atoms with E-state index in [0.29, 0.717) is 17.0 Å².